The summed E-state index contributed by atoms with van der Waals surface area (Å²) in [7, 11) is -2.03. The Morgan fingerprint density at radius 2 is 1.92 bits per heavy atom. The molecule has 6 nitrogen and oxygen atoms in total. The standard InChI is InChI=1S/C17H19FN2O4S/c1-4-25(22,23)20-15-7-6-13(9-11(15)2)19-17(21)12-5-8-16(24-3)14(18)10-12/h5-10,20H,4H2,1-3H3,(H,19,21). The van der Waals surface area contributed by atoms with Crippen molar-refractivity contribution in [2.24, 2.45) is 0 Å². The van der Waals surface area contributed by atoms with E-state index >= 15 is 0 Å². The average molecular weight is 366 g/mol. The molecule has 0 unspecified atom stereocenters. The fraction of sp³-hybridized carbons (Fsp3) is 0.235. The first kappa shape index (κ1) is 18.7. The van der Waals surface area contributed by atoms with E-state index in [0.717, 1.165) is 6.07 Å². The number of carbonyl (C=O) groups excluding carboxylic acids is 1. The number of hydrogen-bond donors (Lipinski definition) is 2. The first-order valence-corrected chi connectivity index (χ1v) is 9.17. The van der Waals surface area contributed by atoms with Crippen LogP contribution in [0.5, 0.6) is 5.75 Å². The molecule has 25 heavy (non-hydrogen) atoms. The summed E-state index contributed by atoms with van der Waals surface area (Å²) in [5.74, 6) is -1.09. The van der Waals surface area contributed by atoms with Gasteiger partial charge in [0.15, 0.2) is 11.6 Å². The third kappa shape index (κ3) is 4.69. The minimum Gasteiger partial charge on any atom is -0.494 e. The molecule has 2 aromatic carbocycles. The van der Waals surface area contributed by atoms with Gasteiger partial charge in [-0.15, -0.1) is 0 Å². The molecule has 0 heterocycles. The van der Waals surface area contributed by atoms with E-state index in [4.69, 9.17) is 4.74 Å². The number of anilines is 2. The van der Waals surface area contributed by atoms with Crippen LogP contribution < -0.4 is 14.8 Å². The molecule has 0 radical (unpaired) electrons. The number of amides is 1. The second-order valence-electron chi connectivity index (χ2n) is 5.34. The van der Waals surface area contributed by atoms with Gasteiger partial charge in [0.25, 0.3) is 5.91 Å². The zero-order chi connectivity index (χ0) is 18.6. The highest BCUT2D eigenvalue weighted by Gasteiger charge is 2.12. The van der Waals surface area contributed by atoms with Crippen molar-refractivity contribution in [2.75, 3.05) is 22.9 Å². The number of carbonyl (C=O) groups is 1. The molecule has 0 fully saturated rings. The highest BCUT2D eigenvalue weighted by molar-refractivity contribution is 7.92. The molecule has 0 aromatic heterocycles. The molecule has 8 heteroatoms. The molecular formula is C17H19FN2O4S. The molecule has 2 N–H and O–H groups in total. The Hall–Kier alpha value is -2.61. The molecule has 0 saturated heterocycles. The van der Waals surface area contributed by atoms with Crippen LogP contribution in [0.1, 0.15) is 22.8 Å². The lowest BCUT2D eigenvalue weighted by atomic mass is 10.1. The van der Waals surface area contributed by atoms with E-state index < -0.39 is 21.7 Å². The van der Waals surface area contributed by atoms with Crippen molar-refractivity contribution in [3.8, 4) is 5.75 Å². The van der Waals surface area contributed by atoms with E-state index in [9.17, 15) is 17.6 Å². The van der Waals surface area contributed by atoms with Gasteiger partial charge >= 0.3 is 0 Å². The maximum absolute atomic E-state index is 13.7. The van der Waals surface area contributed by atoms with Crippen molar-refractivity contribution in [3.63, 3.8) is 0 Å². The third-order valence-electron chi connectivity index (χ3n) is 3.54. The Morgan fingerprint density at radius 3 is 2.48 bits per heavy atom. The maximum atomic E-state index is 13.7. The van der Waals surface area contributed by atoms with Gasteiger partial charge in [0.1, 0.15) is 0 Å². The van der Waals surface area contributed by atoms with Crippen LogP contribution in [-0.4, -0.2) is 27.2 Å². The van der Waals surface area contributed by atoms with Crippen LogP contribution in [0.2, 0.25) is 0 Å². The summed E-state index contributed by atoms with van der Waals surface area (Å²) in [6, 6.07) is 8.67. The molecule has 0 aliphatic carbocycles. The SMILES string of the molecule is CCS(=O)(=O)Nc1ccc(NC(=O)c2ccc(OC)c(F)c2)cc1C. The van der Waals surface area contributed by atoms with E-state index in [2.05, 4.69) is 10.0 Å². The number of methoxy groups -OCH3 is 1. The molecule has 2 aromatic rings. The molecule has 0 bridgehead atoms. The summed E-state index contributed by atoms with van der Waals surface area (Å²) >= 11 is 0. The van der Waals surface area contributed by atoms with Crippen molar-refractivity contribution in [3.05, 3.63) is 53.3 Å². The van der Waals surface area contributed by atoms with E-state index in [1.54, 1.807) is 32.0 Å². The van der Waals surface area contributed by atoms with E-state index in [-0.39, 0.29) is 17.1 Å². The predicted molar refractivity (Wildman–Crippen MR) is 95.2 cm³/mol. The van der Waals surface area contributed by atoms with E-state index in [1.807, 2.05) is 0 Å². The van der Waals surface area contributed by atoms with Gasteiger partial charge in [0.2, 0.25) is 10.0 Å². The number of halogens is 1. The number of aryl methyl sites for hydroxylation is 1. The summed E-state index contributed by atoms with van der Waals surface area (Å²) in [5, 5.41) is 2.64. The average Bonchev–Trinajstić information content (AvgIpc) is 2.57. The maximum Gasteiger partial charge on any atom is 0.255 e. The monoisotopic (exact) mass is 366 g/mol. The fourth-order valence-electron chi connectivity index (χ4n) is 2.11. The molecule has 2 rings (SSSR count). The lowest BCUT2D eigenvalue weighted by Crippen LogP contribution is -2.16. The number of nitrogens with one attached hydrogen (secondary N) is 2. The Morgan fingerprint density at radius 1 is 1.20 bits per heavy atom. The smallest absolute Gasteiger partial charge is 0.255 e. The quantitative estimate of drug-likeness (QED) is 0.822. The first-order chi connectivity index (χ1) is 11.8. The van der Waals surface area contributed by atoms with E-state index in [1.165, 1.54) is 19.2 Å². The van der Waals surface area contributed by atoms with E-state index in [0.29, 0.717) is 16.9 Å². The molecule has 1 amide bonds. The molecule has 0 aliphatic rings. The van der Waals surface area contributed by atoms with Crippen molar-refractivity contribution in [2.45, 2.75) is 13.8 Å². The van der Waals surface area contributed by atoms with Crippen LogP contribution in [0.15, 0.2) is 36.4 Å². The Kier molecular flexibility index (Phi) is 5.63. The zero-order valence-corrected chi connectivity index (χ0v) is 14.9. The minimum atomic E-state index is -3.38. The number of rotatable bonds is 6. The normalized spacial score (nSPS) is 11.0. The first-order valence-electron chi connectivity index (χ1n) is 7.51. The molecular weight excluding hydrogens is 347 g/mol. The highest BCUT2D eigenvalue weighted by atomic mass is 32.2. The lowest BCUT2D eigenvalue weighted by molar-refractivity contribution is 0.102. The van der Waals surface area contributed by atoms with Gasteiger partial charge in [0.05, 0.1) is 18.6 Å². The second-order valence-corrected chi connectivity index (χ2v) is 7.35. The summed E-state index contributed by atoms with van der Waals surface area (Å²) in [5.41, 5.74) is 1.70. The number of ether oxygens (including phenoxy) is 1. The van der Waals surface area contributed by atoms with Gasteiger partial charge in [-0.3, -0.25) is 9.52 Å². The fourth-order valence-corrected chi connectivity index (χ4v) is 2.81. The number of hydrogen-bond acceptors (Lipinski definition) is 4. The van der Waals surface area contributed by atoms with Crippen molar-refractivity contribution < 1.29 is 22.3 Å². The van der Waals surface area contributed by atoms with Crippen molar-refractivity contribution >= 4 is 27.3 Å². The minimum absolute atomic E-state index is 0.0338. The van der Waals surface area contributed by atoms with Crippen molar-refractivity contribution in [1.29, 1.82) is 0 Å². The predicted octanol–water partition coefficient (Wildman–Crippen LogP) is 3.16. The number of benzene rings is 2. The summed E-state index contributed by atoms with van der Waals surface area (Å²) in [6.07, 6.45) is 0. The Labute approximate surface area is 146 Å². The molecule has 0 atom stereocenters. The van der Waals surface area contributed by atoms with Crippen molar-refractivity contribution in [1.82, 2.24) is 0 Å². The zero-order valence-electron chi connectivity index (χ0n) is 14.1. The Balaban J connectivity index is 2.16. The van der Waals surface area contributed by atoms with Crippen LogP contribution in [0, 0.1) is 12.7 Å². The van der Waals surface area contributed by atoms with Crippen LogP contribution in [0.25, 0.3) is 0 Å². The van der Waals surface area contributed by atoms with Gasteiger partial charge < -0.3 is 10.1 Å². The van der Waals surface area contributed by atoms with Gasteiger partial charge in [-0.2, -0.15) is 0 Å². The summed E-state index contributed by atoms with van der Waals surface area (Å²) in [6.45, 7) is 3.26. The van der Waals surface area contributed by atoms with Gasteiger partial charge in [-0.05, 0) is 55.8 Å². The molecule has 134 valence electrons. The van der Waals surface area contributed by atoms with Crippen LogP contribution in [0.4, 0.5) is 15.8 Å². The summed E-state index contributed by atoms with van der Waals surface area (Å²) < 4.78 is 44.2. The van der Waals surface area contributed by atoms with Gasteiger partial charge in [0, 0.05) is 11.3 Å². The highest BCUT2D eigenvalue weighted by Crippen LogP contribution is 2.22. The second kappa shape index (κ2) is 7.52. The van der Waals surface area contributed by atoms with Gasteiger partial charge in [-0.1, -0.05) is 0 Å². The molecule has 0 aliphatic heterocycles. The number of sulfonamides is 1. The van der Waals surface area contributed by atoms with Crippen LogP contribution >= 0.6 is 0 Å². The Bertz CT molecular complexity index is 898. The van der Waals surface area contributed by atoms with Crippen LogP contribution in [0.3, 0.4) is 0 Å². The van der Waals surface area contributed by atoms with Gasteiger partial charge in [-0.25, -0.2) is 12.8 Å². The molecule has 0 spiro atoms. The topological polar surface area (TPSA) is 84.5 Å². The summed E-state index contributed by atoms with van der Waals surface area (Å²) in [4.78, 5) is 12.2. The largest absolute Gasteiger partial charge is 0.494 e. The van der Waals surface area contributed by atoms with Crippen LogP contribution in [-0.2, 0) is 10.0 Å². The lowest BCUT2D eigenvalue weighted by Gasteiger charge is -2.12. The third-order valence-corrected chi connectivity index (χ3v) is 4.83. The molecule has 0 saturated carbocycles.